The van der Waals surface area contributed by atoms with Gasteiger partial charge in [0.2, 0.25) is 0 Å². The second kappa shape index (κ2) is 8.93. The molecule has 0 aliphatic heterocycles. The minimum atomic E-state index is 0.215. The van der Waals surface area contributed by atoms with E-state index >= 15 is 0 Å². The molecule has 0 bridgehead atoms. The maximum Gasteiger partial charge on any atom is 0.0540 e. The SMILES string of the molecule is COCC(CCCC(C)C)(COC)CC(C)C. The first-order chi connectivity index (χ1) is 7.95. The van der Waals surface area contributed by atoms with Crippen molar-refractivity contribution >= 4 is 0 Å². The van der Waals surface area contributed by atoms with E-state index in [2.05, 4.69) is 27.7 Å². The predicted molar refractivity (Wildman–Crippen MR) is 74.3 cm³/mol. The van der Waals surface area contributed by atoms with Crippen LogP contribution in [0, 0.1) is 17.3 Å². The van der Waals surface area contributed by atoms with Crippen LogP contribution >= 0.6 is 0 Å². The Morgan fingerprint density at radius 1 is 0.882 bits per heavy atom. The van der Waals surface area contributed by atoms with Gasteiger partial charge in [0.1, 0.15) is 0 Å². The van der Waals surface area contributed by atoms with E-state index in [9.17, 15) is 0 Å². The fourth-order valence-corrected chi connectivity index (χ4v) is 2.77. The van der Waals surface area contributed by atoms with Gasteiger partial charge in [0.25, 0.3) is 0 Å². The molecule has 0 aromatic heterocycles. The number of rotatable bonds is 10. The molecule has 2 nitrogen and oxygen atoms in total. The summed E-state index contributed by atoms with van der Waals surface area (Å²) >= 11 is 0. The van der Waals surface area contributed by atoms with Crippen LogP contribution in [0.2, 0.25) is 0 Å². The van der Waals surface area contributed by atoms with Gasteiger partial charge in [-0.2, -0.15) is 0 Å². The Morgan fingerprint density at radius 2 is 1.41 bits per heavy atom. The molecular formula is C15H32O2. The van der Waals surface area contributed by atoms with Gasteiger partial charge >= 0.3 is 0 Å². The quantitative estimate of drug-likeness (QED) is 0.575. The van der Waals surface area contributed by atoms with Gasteiger partial charge in [-0.05, 0) is 24.7 Å². The van der Waals surface area contributed by atoms with E-state index in [1.54, 1.807) is 14.2 Å². The Kier molecular flexibility index (Phi) is 8.89. The Bertz CT molecular complexity index is 170. The minimum Gasteiger partial charge on any atom is -0.384 e. The molecule has 0 aliphatic carbocycles. The zero-order valence-electron chi connectivity index (χ0n) is 12.7. The zero-order chi connectivity index (χ0) is 13.3. The van der Waals surface area contributed by atoms with Crippen LogP contribution in [-0.4, -0.2) is 27.4 Å². The van der Waals surface area contributed by atoms with Crippen molar-refractivity contribution in [2.75, 3.05) is 27.4 Å². The Balaban J connectivity index is 4.41. The first kappa shape index (κ1) is 16.9. The van der Waals surface area contributed by atoms with Crippen LogP contribution < -0.4 is 0 Å². The molecule has 0 aliphatic rings. The summed E-state index contributed by atoms with van der Waals surface area (Å²) in [6.07, 6.45) is 4.97. The first-order valence-electron chi connectivity index (χ1n) is 6.93. The lowest BCUT2D eigenvalue weighted by molar-refractivity contribution is -0.0108. The largest absolute Gasteiger partial charge is 0.384 e. The zero-order valence-corrected chi connectivity index (χ0v) is 12.7. The van der Waals surface area contributed by atoms with Crippen molar-refractivity contribution in [2.24, 2.45) is 17.3 Å². The van der Waals surface area contributed by atoms with Crippen LogP contribution in [0.1, 0.15) is 53.4 Å². The van der Waals surface area contributed by atoms with Crippen molar-refractivity contribution in [1.82, 2.24) is 0 Å². The lowest BCUT2D eigenvalue weighted by atomic mass is 9.77. The third kappa shape index (κ3) is 7.77. The topological polar surface area (TPSA) is 18.5 Å². The average molecular weight is 244 g/mol. The van der Waals surface area contributed by atoms with Gasteiger partial charge in [-0.25, -0.2) is 0 Å². The number of hydrogen-bond acceptors (Lipinski definition) is 2. The molecule has 0 saturated heterocycles. The Hall–Kier alpha value is -0.0800. The summed E-state index contributed by atoms with van der Waals surface area (Å²) in [6, 6.07) is 0. The maximum atomic E-state index is 5.44. The van der Waals surface area contributed by atoms with E-state index in [4.69, 9.17) is 9.47 Å². The van der Waals surface area contributed by atoms with E-state index < -0.39 is 0 Å². The van der Waals surface area contributed by atoms with Gasteiger partial charge in [-0.3, -0.25) is 0 Å². The number of methoxy groups -OCH3 is 2. The molecule has 0 heterocycles. The lowest BCUT2D eigenvalue weighted by Gasteiger charge is -2.34. The van der Waals surface area contributed by atoms with Gasteiger partial charge < -0.3 is 9.47 Å². The van der Waals surface area contributed by atoms with Gasteiger partial charge in [0.05, 0.1) is 13.2 Å². The minimum absolute atomic E-state index is 0.215. The van der Waals surface area contributed by atoms with Crippen LogP contribution in [0.25, 0.3) is 0 Å². The Morgan fingerprint density at radius 3 is 1.76 bits per heavy atom. The van der Waals surface area contributed by atoms with Crippen LogP contribution in [0.15, 0.2) is 0 Å². The van der Waals surface area contributed by atoms with Crippen molar-refractivity contribution in [1.29, 1.82) is 0 Å². The highest BCUT2D eigenvalue weighted by atomic mass is 16.5. The summed E-state index contributed by atoms with van der Waals surface area (Å²) in [5, 5.41) is 0. The van der Waals surface area contributed by atoms with Crippen molar-refractivity contribution in [3.05, 3.63) is 0 Å². The molecule has 0 rings (SSSR count). The molecule has 0 atom stereocenters. The molecule has 104 valence electrons. The highest BCUT2D eigenvalue weighted by Gasteiger charge is 2.30. The summed E-state index contributed by atoms with van der Waals surface area (Å²) < 4.78 is 10.9. The van der Waals surface area contributed by atoms with E-state index in [0.29, 0.717) is 5.92 Å². The van der Waals surface area contributed by atoms with E-state index in [1.165, 1.54) is 25.7 Å². The van der Waals surface area contributed by atoms with E-state index in [0.717, 1.165) is 19.1 Å². The molecule has 0 saturated carbocycles. The third-order valence-electron chi connectivity index (χ3n) is 3.23. The molecule has 0 aromatic rings. The molecule has 0 fully saturated rings. The van der Waals surface area contributed by atoms with E-state index in [1.807, 2.05) is 0 Å². The molecule has 0 N–H and O–H groups in total. The van der Waals surface area contributed by atoms with Crippen molar-refractivity contribution in [3.63, 3.8) is 0 Å². The monoisotopic (exact) mass is 244 g/mol. The van der Waals surface area contributed by atoms with Crippen LogP contribution in [0.3, 0.4) is 0 Å². The average Bonchev–Trinajstić information content (AvgIpc) is 2.16. The molecule has 0 radical (unpaired) electrons. The van der Waals surface area contributed by atoms with Gasteiger partial charge in [-0.15, -0.1) is 0 Å². The highest BCUT2D eigenvalue weighted by molar-refractivity contribution is 4.80. The van der Waals surface area contributed by atoms with Crippen molar-refractivity contribution in [2.45, 2.75) is 53.4 Å². The number of ether oxygens (including phenoxy) is 2. The number of hydrogen-bond donors (Lipinski definition) is 0. The molecule has 2 heteroatoms. The Labute approximate surface area is 108 Å². The third-order valence-corrected chi connectivity index (χ3v) is 3.23. The van der Waals surface area contributed by atoms with Gasteiger partial charge in [-0.1, -0.05) is 40.5 Å². The van der Waals surface area contributed by atoms with Crippen LogP contribution in [0.5, 0.6) is 0 Å². The summed E-state index contributed by atoms with van der Waals surface area (Å²) in [6.45, 7) is 10.8. The standard InChI is InChI=1S/C15H32O2/c1-13(2)8-7-9-15(11-16-5,12-17-6)10-14(3)4/h13-14H,7-12H2,1-6H3. The summed E-state index contributed by atoms with van der Waals surface area (Å²) in [5.41, 5.74) is 0.215. The fraction of sp³-hybridized carbons (Fsp3) is 1.00. The van der Waals surface area contributed by atoms with Gasteiger partial charge in [0, 0.05) is 19.6 Å². The van der Waals surface area contributed by atoms with Crippen LogP contribution in [0.4, 0.5) is 0 Å². The normalized spacial score (nSPS) is 12.7. The lowest BCUT2D eigenvalue weighted by Crippen LogP contribution is -2.33. The van der Waals surface area contributed by atoms with Crippen molar-refractivity contribution < 1.29 is 9.47 Å². The smallest absolute Gasteiger partial charge is 0.0540 e. The fourth-order valence-electron chi connectivity index (χ4n) is 2.77. The van der Waals surface area contributed by atoms with Crippen molar-refractivity contribution in [3.8, 4) is 0 Å². The highest BCUT2D eigenvalue weighted by Crippen LogP contribution is 2.33. The summed E-state index contributed by atoms with van der Waals surface area (Å²) in [4.78, 5) is 0. The van der Waals surface area contributed by atoms with Crippen LogP contribution in [-0.2, 0) is 9.47 Å². The van der Waals surface area contributed by atoms with Gasteiger partial charge in [0.15, 0.2) is 0 Å². The summed E-state index contributed by atoms with van der Waals surface area (Å²) in [5.74, 6) is 1.48. The first-order valence-corrected chi connectivity index (χ1v) is 6.93. The maximum absolute atomic E-state index is 5.44. The summed E-state index contributed by atoms with van der Waals surface area (Å²) in [7, 11) is 3.60. The molecule has 0 unspecified atom stereocenters. The van der Waals surface area contributed by atoms with E-state index in [-0.39, 0.29) is 5.41 Å². The molecule has 0 aromatic carbocycles. The molecule has 0 amide bonds. The molecule has 0 spiro atoms. The predicted octanol–water partition coefficient (Wildman–Crippen LogP) is 4.14. The molecular weight excluding hydrogens is 212 g/mol. The second-order valence-electron chi connectivity index (χ2n) is 6.25. The second-order valence-corrected chi connectivity index (χ2v) is 6.25. The molecule has 17 heavy (non-hydrogen) atoms.